The van der Waals surface area contributed by atoms with E-state index >= 15 is 0 Å². The molecule has 73 heavy (non-hydrogen) atoms. The van der Waals surface area contributed by atoms with Crippen LogP contribution >= 0.6 is 0 Å². The van der Waals surface area contributed by atoms with Crippen molar-refractivity contribution in [3.8, 4) is 11.1 Å². The van der Waals surface area contributed by atoms with Crippen LogP contribution in [0.4, 0.5) is 41.6 Å². The van der Waals surface area contributed by atoms with E-state index in [1.807, 2.05) is 30.1 Å². The lowest BCUT2D eigenvalue weighted by Crippen LogP contribution is -2.56. The number of amides is 5. The van der Waals surface area contributed by atoms with Crippen molar-refractivity contribution in [2.24, 2.45) is 11.8 Å². The molecule has 2 aliphatic rings. The lowest BCUT2D eigenvalue weighted by Gasteiger charge is -2.33. The number of aliphatic carboxylic acids is 1. The summed E-state index contributed by atoms with van der Waals surface area (Å²) in [6.45, 7) is 13.8. The molecule has 0 unspecified atom stereocenters. The molecular weight excluding hydrogens is 969 g/mol. The van der Waals surface area contributed by atoms with E-state index < -0.39 is 81.7 Å². The van der Waals surface area contributed by atoms with Gasteiger partial charge in [0.15, 0.2) is 5.82 Å². The number of carboxylic acid groups (broad SMARTS) is 1. The summed E-state index contributed by atoms with van der Waals surface area (Å²) in [4.78, 5) is 83.4. The monoisotopic (exact) mass is 1030 g/mol. The molecule has 4 aromatic rings. The number of nitrogens with zero attached hydrogens (tertiary/aromatic N) is 2. The summed E-state index contributed by atoms with van der Waals surface area (Å²) in [5.41, 5.74) is 1.32. The van der Waals surface area contributed by atoms with E-state index in [9.17, 15) is 55.1 Å². The van der Waals surface area contributed by atoms with Crippen LogP contribution < -0.4 is 21.3 Å². The second-order valence-corrected chi connectivity index (χ2v) is 20.6. The molecule has 2 heterocycles. The maximum absolute atomic E-state index is 14.8. The van der Waals surface area contributed by atoms with E-state index in [2.05, 4.69) is 26.3 Å². The van der Waals surface area contributed by atoms with Crippen LogP contribution in [0.1, 0.15) is 107 Å². The van der Waals surface area contributed by atoms with Gasteiger partial charge in [-0.15, -0.1) is 0 Å². The van der Waals surface area contributed by atoms with Gasteiger partial charge < -0.3 is 45.7 Å². The van der Waals surface area contributed by atoms with Crippen LogP contribution in [0.15, 0.2) is 60.7 Å². The molecule has 0 spiro atoms. The minimum Gasteiger partial charge on any atom is -0.477 e. The van der Waals surface area contributed by atoms with E-state index in [0.29, 0.717) is 69.3 Å². The number of carbonyl (C=O) groups is 6. The number of alkyl halides is 6. The van der Waals surface area contributed by atoms with Crippen molar-refractivity contribution in [2.45, 2.75) is 134 Å². The molecule has 0 radical (unpaired) electrons. The van der Waals surface area contributed by atoms with E-state index in [1.165, 1.54) is 6.07 Å². The van der Waals surface area contributed by atoms with Gasteiger partial charge in [0, 0.05) is 49.3 Å². The van der Waals surface area contributed by atoms with Gasteiger partial charge in [-0.05, 0) is 145 Å². The summed E-state index contributed by atoms with van der Waals surface area (Å²) in [5.74, 6) is -25.6. The van der Waals surface area contributed by atoms with Crippen molar-refractivity contribution >= 4 is 52.6 Å². The van der Waals surface area contributed by atoms with E-state index in [1.54, 1.807) is 70.7 Å². The number of aryl methyl sites for hydroxylation is 1. The number of nitrogens with one attached hydrogen (secondary N) is 5. The number of benzene rings is 3. The Bertz CT molecular complexity index is 2690. The Labute approximate surface area is 417 Å². The fraction of sp³-hybridized carbons (Fsp3) is 0.510. The molecule has 1 aliphatic heterocycles. The fourth-order valence-electron chi connectivity index (χ4n) is 8.60. The van der Waals surface area contributed by atoms with Crippen LogP contribution in [-0.2, 0) is 36.2 Å². The number of hydrogen-bond acceptors (Lipinski definition) is 9. The average molecular weight is 1030 g/mol. The largest absolute Gasteiger partial charge is 0.477 e. The van der Waals surface area contributed by atoms with Crippen molar-refractivity contribution in [2.75, 3.05) is 25.0 Å². The number of imidazole rings is 1. The molecule has 1 atom stereocenters. The SMILES string of the molecule is Cc1cc(C(=O)NC2CCN(C(=O)OC(C)(C)C)CC2)ccc1-c1ccc(C[C@H](NC(=O)C2CCC(CNC(=O)OC(C)(C)C)CC2)C(=O)Nc2ccc3nc(C(F)(F)C(F)(F)C(F)(F)C(=O)O)[nH]c3c2)cc1. The maximum atomic E-state index is 14.8. The number of likely N-dealkylation sites (tertiary alicyclic amines) is 1. The predicted molar refractivity (Wildman–Crippen MR) is 256 cm³/mol. The normalized spacial score (nSPS) is 17.6. The van der Waals surface area contributed by atoms with Gasteiger partial charge in [-0.2, -0.15) is 26.3 Å². The standard InChI is InChI=1S/C51H61F6N7O9/c1-28-24-33(41(66)59-34-20-22-64(23-21-34)46(71)73-48(5,6)7)16-18-36(28)31-12-8-29(9-13-31)25-39(61-40(65)32-14-10-30(11-15-32)27-58-45(70)72-47(2,3)4)42(67)60-35-17-19-37-38(26-35)63-43(62-37)49(52,53)51(56,57)50(54,55)44(68)69/h8-9,12-13,16-19,24,26,30,32,34,39H,10-11,14-15,20-23,25,27H2,1-7H3,(H,58,70)(H,59,66)(H,60,67)(H,61,65)(H,62,63)(H,68,69)/t30?,32?,39-/m0/s1. The van der Waals surface area contributed by atoms with Gasteiger partial charge in [0.1, 0.15) is 17.2 Å². The van der Waals surface area contributed by atoms with Crippen LogP contribution in [0, 0.1) is 18.8 Å². The highest BCUT2D eigenvalue weighted by molar-refractivity contribution is 5.99. The molecule has 5 amide bonds. The zero-order chi connectivity index (χ0) is 53.8. The molecule has 6 N–H and O–H groups in total. The molecular formula is C51H61F6N7O9. The number of rotatable bonds is 15. The van der Waals surface area contributed by atoms with Gasteiger partial charge >= 0.3 is 35.9 Å². The predicted octanol–water partition coefficient (Wildman–Crippen LogP) is 9.11. The number of fused-ring (bicyclic) bond motifs is 1. The summed E-state index contributed by atoms with van der Waals surface area (Å²) in [5, 5.41) is 19.8. The van der Waals surface area contributed by atoms with Crippen LogP contribution in [0.5, 0.6) is 0 Å². The van der Waals surface area contributed by atoms with Crippen LogP contribution in [0.2, 0.25) is 0 Å². The minimum absolute atomic E-state index is 0.0443. The Morgan fingerprint density at radius 1 is 0.808 bits per heavy atom. The maximum Gasteiger partial charge on any atom is 0.411 e. The number of H-pyrrole nitrogens is 1. The second kappa shape index (κ2) is 21.7. The van der Waals surface area contributed by atoms with Crippen molar-refractivity contribution in [1.29, 1.82) is 0 Å². The lowest BCUT2D eigenvalue weighted by molar-refractivity contribution is -0.310. The second-order valence-electron chi connectivity index (χ2n) is 20.6. The highest BCUT2D eigenvalue weighted by Crippen LogP contribution is 2.51. The summed E-state index contributed by atoms with van der Waals surface area (Å²) >= 11 is 0. The van der Waals surface area contributed by atoms with Gasteiger partial charge in [0.05, 0.1) is 11.0 Å². The van der Waals surface area contributed by atoms with Gasteiger partial charge in [-0.3, -0.25) is 14.4 Å². The molecule has 16 nitrogen and oxygen atoms in total. The number of piperidine rings is 1. The summed E-state index contributed by atoms with van der Waals surface area (Å²) < 4.78 is 96.8. The zero-order valence-corrected chi connectivity index (χ0v) is 41.5. The van der Waals surface area contributed by atoms with E-state index in [0.717, 1.165) is 28.8 Å². The van der Waals surface area contributed by atoms with Crippen LogP contribution in [-0.4, -0.2) is 111 Å². The molecule has 22 heteroatoms. The number of ether oxygens (including phenoxy) is 2. The minimum atomic E-state index is -6.40. The lowest BCUT2D eigenvalue weighted by atomic mass is 9.81. The van der Waals surface area contributed by atoms with Crippen LogP contribution in [0.3, 0.4) is 0 Å². The number of halogens is 6. The van der Waals surface area contributed by atoms with E-state index in [-0.39, 0.29) is 36.1 Å². The molecule has 3 aromatic carbocycles. The summed E-state index contributed by atoms with van der Waals surface area (Å²) in [6.07, 6.45) is 2.25. The number of carbonyl (C=O) groups excluding carboxylic acids is 5. The molecule has 1 aliphatic carbocycles. The number of aromatic nitrogens is 2. The number of aromatic amines is 1. The average Bonchev–Trinajstić information content (AvgIpc) is 3.74. The van der Waals surface area contributed by atoms with Crippen molar-refractivity contribution < 1.29 is 69.7 Å². The number of alkyl carbamates (subject to hydrolysis) is 1. The molecule has 0 bridgehead atoms. The molecule has 6 rings (SSSR count). The Morgan fingerprint density at radius 2 is 1.44 bits per heavy atom. The topological polar surface area (TPSA) is 221 Å². The first-order valence-corrected chi connectivity index (χ1v) is 23.9. The quantitative estimate of drug-likeness (QED) is 0.0620. The third-order valence-corrected chi connectivity index (χ3v) is 12.6. The first-order chi connectivity index (χ1) is 33.9. The van der Waals surface area contributed by atoms with Gasteiger partial charge in [-0.25, -0.2) is 19.4 Å². The molecule has 2 fully saturated rings. The molecule has 1 aromatic heterocycles. The third kappa shape index (κ3) is 13.6. The Hall–Kier alpha value is -6.87. The highest BCUT2D eigenvalue weighted by atomic mass is 19.3. The van der Waals surface area contributed by atoms with Crippen LogP contribution in [0.25, 0.3) is 22.2 Å². The highest BCUT2D eigenvalue weighted by Gasteiger charge is 2.77. The van der Waals surface area contributed by atoms with Gasteiger partial charge in [0.25, 0.3) is 5.91 Å². The Morgan fingerprint density at radius 3 is 2.03 bits per heavy atom. The fourth-order valence-corrected chi connectivity index (χ4v) is 8.60. The van der Waals surface area contributed by atoms with Gasteiger partial charge in [0.2, 0.25) is 11.8 Å². The number of carboxylic acids is 1. The van der Waals surface area contributed by atoms with Crippen molar-refractivity contribution in [3.05, 3.63) is 83.2 Å². The molecule has 1 saturated heterocycles. The summed E-state index contributed by atoms with van der Waals surface area (Å²) in [7, 11) is 0. The Kier molecular flexibility index (Phi) is 16.5. The van der Waals surface area contributed by atoms with E-state index in [4.69, 9.17) is 14.6 Å². The Balaban J connectivity index is 1.14. The summed E-state index contributed by atoms with van der Waals surface area (Å²) in [6, 6.07) is 14.3. The number of anilines is 1. The number of hydrogen-bond donors (Lipinski definition) is 6. The van der Waals surface area contributed by atoms with Crippen molar-refractivity contribution in [3.63, 3.8) is 0 Å². The molecule has 1 saturated carbocycles. The third-order valence-electron chi connectivity index (χ3n) is 12.6. The first kappa shape index (κ1) is 55.4. The van der Waals surface area contributed by atoms with Gasteiger partial charge in [-0.1, -0.05) is 30.3 Å². The van der Waals surface area contributed by atoms with Crippen molar-refractivity contribution in [1.82, 2.24) is 30.8 Å². The first-order valence-electron chi connectivity index (χ1n) is 23.9. The smallest absolute Gasteiger partial charge is 0.411 e. The zero-order valence-electron chi connectivity index (χ0n) is 41.5. The molecule has 396 valence electrons.